The molecule has 0 saturated carbocycles. The number of benzene rings is 1. The number of H-pyrrole nitrogens is 1. The van der Waals surface area contributed by atoms with E-state index in [9.17, 15) is 14.4 Å². The van der Waals surface area contributed by atoms with E-state index in [1.54, 1.807) is 0 Å². The molecule has 35 heavy (non-hydrogen) atoms. The van der Waals surface area contributed by atoms with Crippen LogP contribution in [0, 0.1) is 12.8 Å². The number of aryl methyl sites for hydroxylation is 1. The number of para-hydroxylation sites is 1. The van der Waals surface area contributed by atoms with E-state index < -0.39 is 24.1 Å². The highest BCUT2D eigenvalue weighted by Gasteiger charge is 2.31. The summed E-state index contributed by atoms with van der Waals surface area (Å²) >= 11 is 0. The van der Waals surface area contributed by atoms with Crippen LogP contribution >= 0.6 is 0 Å². The predicted molar refractivity (Wildman–Crippen MR) is 135 cm³/mol. The van der Waals surface area contributed by atoms with Crippen molar-refractivity contribution < 1.29 is 19.1 Å². The van der Waals surface area contributed by atoms with Crippen LogP contribution in [0.15, 0.2) is 18.2 Å². The molecule has 0 unspecified atom stereocenters. The average molecular weight is 486 g/mol. The van der Waals surface area contributed by atoms with E-state index in [1.807, 2.05) is 50.8 Å². The molecule has 3 atom stereocenters. The molecule has 3 N–H and O–H groups in total. The van der Waals surface area contributed by atoms with Gasteiger partial charge in [-0.3, -0.25) is 9.59 Å². The Bertz CT molecular complexity index is 1030. The number of nitrogens with zero attached hydrogens (tertiary/aromatic N) is 2. The van der Waals surface area contributed by atoms with Gasteiger partial charge in [0.25, 0.3) is 0 Å². The van der Waals surface area contributed by atoms with Crippen molar-refractivity contribution in [2.24, 2.45) is 5.92 Å². The van der Waals surface area contributed by atoms with Crippen LogP contribution in [0.1, 0.15) is 77.2 Å². The van der Waals surface area contributed by atoms with E-state index in [1.165, 1.54) is 0 Å². The summed E-state index contributed by atoms with van der Waals surface area (Å²) < 4.78 is 5.22. The first-order valence-electron chi connectivity index (χ1n) is 12.7. The van der Waals surface area contributed by atoms with Gasteiger partial charge >= 0.3 is 6.09 Å². The quantitative estimate of drug-likeness (QED) is 0.497. The number of alkyl carbamates (subject to hydrolysis) is 1. The van der Waals surface area contributed by atoms with Crippen molar-refractivity contribution in [1.82, 2.24) is 25.5 Å². The summed E-state index contributed by atoms with van der Waals surface area (Å²) in [6, 6.07) is 4.54. The van der Waals surface area contributed by atoms with Crippen molar-refractivity contribution in [3.8, 4) is 0 Å². The van der Waals surface area contributed by atoms with E-state index >= 15 is 0 Å². The minimum absolute atomic E-state index is 0.120. The van der Waals surface area contributed by atoms with Gasteiger partial charge in [0.15, 0.2) is 0 Å². The molecule has 1 saturated heterocycles. The zero-order valence-corrected chi connectivity index (χ0v) is 21.5. The number of nitrogens with one attached hydrogen (secondary N) is 3. The summed E-state index contributed by atoms with van der Waals surface area (Å²) in [6.45, 7) is 10.6. The smallest absolute Gasteiger partial charge is 0.407 e. The SMILES string of the molecule is CC[C@H]1CCCCN1C(=O)C[C@H](NC(=O)OCC(C)C)C(=O)N[C@@H](C)c1nc2c(C)cccc2[nH]1. The van der Waals surface area contributed by atoms with E-state index in [2.05, 4.69) is 27.5 Å². The molecule has 1 aliphatic rings. The summed E-state index contributed by atoms with van der Waals surface area (Å²) in [7, 11) is 0. The van der Waals surface area contributed by atoms with E-state index in [4.69, 9.17) is 4.74 Å². The Kier molecular flexibility index (Phi) is 9.12. The van der Waals surface area contributed by atoms with Crippen molar-refractivity contribution in [3.63, 3.8) is 0 Å². The van der Waals surface area contributed by atoms with Crippen molar-refractivity contribution in [2.45, 2.75) is 84.8 Å². The van der Waals surface area contributed by atoms with Gasteiger partial charge in [-0.05, 0) is 57.1 Å². The fourth-order valence-electron chi connectivity index (χ4n) is 4.46. The lowest BCUT2D eigenvalue weighted by atomic mass is 9.99. The summed E-state index contributed by atoms with van der Waals surface area (Å²) in [5.74, 6) is 0.185. The van der Waals surface area contributed by atoms with Crippen LogP contribution in [0.25, 0.3) is 11.0 Å². The Labute approximate surface area is 207 Å². The molecule has 0 bridgehead atoms. The highest BCUT2D eigenvalue weighted by atomic mass is 16.5. The van der Waals surface area contributed by atoms with Crippen LogP contribution in [-0.2, 0) is 14.3 Å². The molecule has 1 aromatic heterocycles. The van der Waals surface area contributed by atoms with Crippen LogP contribution in [-0.4, -0.2) is 58.0 Å². The molecule has 3 amide bonds. The van der Waals surface area contributed by atoms with Gasteiger partial charge in [-0.2, -0.15) is 0 Å². The number of ether oxygens (including phenoxy) is 1. The molecule has 0 radical (unpaired) electrons. The summed E-state index contributed by atoms with van der Waals surface area (Å²) in [4.78, 5) is 48.6. The van der Waals surface area contributed by atoms with Crippen LogP contribution in [0.2, 0.25) is 0 Å². The first-order chi connectivity index (χ1) is 16.7. The highest BCUT2D eigenvalue weighted by molar-refractivity contribution is 5.91. The lowest BCUT2D eigenvalue weighted by Crippen LogP contribution is -2.52. The zero-order valence-electron chi connectivity index (χ0n) is 21.5. The first kappa shape index (κ1) is 26.5. The number of amides is 3. The molecule has 3 rings (SSSR count). The van der Waals surface area contributed by atoms with Gasteiger partial charge in [-0.1, -0.05) is 32.9 Å². The number of piperidine rings is 1. The number of aromatic amines is 1. The van der Waals surface area contributed by atoms with E-state index in [-0.39, 0.29) is 30.9 Å². The maximum absolute atomic E-state index is 13.3. The summed E-state index contributed by atoms with van der Waals surface area (Å²) in [6.07, 6.45) is 3.06. The number of carbonyl (C=O) groups excluding carboxylic acids is 3. The van der Waals surface area contributed by atoms with Gasteiger partial charge in [0.2, 0.25) is 11.8 Å². The topological polar surface area (TPSA) is 116 Å². The van der Waals surface area contributed by atoms with Crippen molar-refractivity contribution >= 4 is 28.9 Å². The lowest BCUT2D eigenvalue weighted by molar-refractivity contribution is -0.138. The molecular weight excluding hydrogens is 446 g/mol. The number of imidazole rings is 1. The maximum atomic E-state index is 13.3. The van der Waals surface area contributed by atoms with Gasteiger partial charge in [-0.25, -0.2) is 9.78 Å². The molecule has 0 aliphatic carbocycles. The Morgan fingerprint density at radius 3 is 2.66 bits per heavy atom. The summed E-state index contributed by atoms with van der Waals surface area (Å²) in [5, 5.41) is 5.52. The number of aromatic nitrogens is 2. The van der Waals surface area contributed by atoms with Crippen molar-refractivity contribution in [2.75, 3.05) is 13.2 Å². The molecule has 1 aromatic carbocycles. The van der Waals surface area contributed by atoms with Crippen LogP contribution in [0.4, 0.5) is 4.79 Å². The van der Waals surface area contributed by atoms with Crippen LogP contribution in [0.3, 0.4) is 0 Å². The Morgan fingerprint density at radius 1 is 1.20 bits per heavy atom. The second-order valence-electron chi connectivity index (χ2n) is 9.86. The monoisotopic (exact) mass is 485 g/mol. The molecule has 0 spiro atoms. The Hall–Kier alpha value is -3.10. The second kappa shape index (κ2) is 12.0. The van der Waals surface area contributed by atoms with E-state index in [0.717, 1.165) is 42.3 Å². The van der Waals surface area contributed by atoms with Gasteiger partial charge in [-0.15, -0.1) is 0 Å². The fraction of sp³-hybridized carbons (Fsp3) is 0.615. The minimum atomic E-state index is -1.05. The average Bonchev–Trinajstić information content (AvgIpc) is 3.28. The predicted octanol–water partition coefficient (Wildman–Crippen LogP) is 3.98. The molecular formula is C26H39N5O4. The third kappa shape index (κ3) is 6.96. The van der Waals surface area contributed by atoms with Crippen LogP contribution < -0.4 is 10.6 Å². The number of hydrogen-bond donors (Lipinski definition) is 3. The Balaban J connectivity index is 1.73. The van der Waals surface area contributed by atoms with Gasteiger partial charge in [0.1, 0.15) is 11.9 Å². The number of carbonyl (C=O) groups is 3. The third-order valence-corrected chi connectivity index (χ3v) is 6.46. The number of rotatable bonds is 9. The molecule has 9 nitrogen and oxygen atoms in total. The maximum Gasteiger partial charge on any atom is 0.407 e. The number of likely N-dealkylation sites (tertiary alicyclic amines) is 1. The second-order valence-corrected chi connectivity index (χ2v) is 9.86. The van der Waals surface area contributed by atoms with Crippen molar-refractivity contribution in [3.05, 3.63) is 29.6 Å². The number of fused-ring (bicyclic) bond motifs is 1. The lowest BCUT2D eigenvalue weighted by Gasteiger charge is -2.36. The molecule has 1 fully saturated rings. The van der Waals surface area contributed by atoms with Gasteiger partial charge < -0.3 is 25.3 Å². The third-order valence-electron chi connectivity index (χ3n) is 6.46. The standard InChI is InChI=1S/C26H39N5O4/c1-6-19-11-7-8-13-31(19)22(32)14-21(29-26(34)35-15-16(2)3)25(33)27-18(5)24-28-20-12-9-10-17(4)23(20)30-24/h9-10,12,16,18-19,21H,6-8,11,13-15H2,1-5H3,(H,27,33)(H,28,30)(H,29,34)/t18-,19-,21-/m0/s1. The molecule has 192 valence electrons. The van der Waals surface area contributed by atoms with Crippen molar-refractivity contribution in [1.29, 1.82) is 0 Å². The molecule has 2 heterocycles. The molecule has 9 heteroatoms. The highest BCUT2D eigenvalue weighted by Crippen LogP contribution is 2.22. The molecule has 1 aliphatic heterocycles. The zero-order chi connectivity index (χ0) is 25.5. The minimum Gasteiger partial charge on any atom is -0.449 e. The first-order valence-corrected chi connectivity index (χ1v) is 12.7. The Morgan fingerprint density at radius 2 is 1.97 bits per heavy atom. The van der Waals surface area contributed by atoms with Gasteiger partial charge in [0, 0.05) is 12.6 Å². The number of hydrogen-bond acceptors (Lipinski definition) is 5. The normalized spacial score (nSPS) is 17.8. The van der Waals surface area contributed by atoms with Gasteiger partial charge in [0.05, 0.1) is 30.1 Å². The largest absolute Gasteiger partial charge is 0.449 e. The summed E-state index contributed by atoms with van der Waals surface area (Å²) in [5.41, 5.74) is 2.77. The molecule has 2 aromatic rings. The van der Waals surface area contributed by atoms with E-state index in [0.29, 0.717) is 12.4 Å². The fourth-order valence-corrected chi connectivity index (χ4v) is 4.46. The van der Waals surface area contributed by atoms with Crippen LogP contribution in [0.5, 0.6) is 0 Å².